The normalized spacial score (nSPS) is 12.1. The van der Waals surface area contributed by atoms with Crippen LogP contribution in [0.1, 0.15) is 361 Å². The van der Waals surface area contributed by atoms with Crippen LogP contribution in [0.25, 0.3) is 0 Å². The van der Waals surface area contributed by atoms with Gasteiger partial charge in [0.05, 0.1) is 0 Å². The van der Waals surface area contributed by atoms with Crippen molar-refractivity contribution in [1.29, 1.82) is 0 Å². The lowest BCUT2D eigenvalue weighted by atomic mass is 10.0. The van der Waals surface area contributed by atoms with Gasteiger partial charge in [0.15, 0.2) is 6.10 Å². The number of hydrogen-bond acceptors (Lipinski definition) is 6. The molecular formula is C66H124O6. The zero-order chi connectivity index (χ0) is 52.2. The first-order valence-corrected chi connectivity index (χ1v) is 32.3. The average Bonchev–Trinajstić information content (AvgIpc) is 3.38. The molecule has 0 radical (unpaired) electrons. The van der Waals surface area contributed by atoms with Crippen molar-refractivity contribution in [3.8, 4) is 0 Å². The van der Waals surface area contributed by atoms with E-state index in [1.165, 1.54) is 257 Å². The maximum absolute atomic E-state index is 12.9. The molecule has 0 aliphatic rings. The van der Waals surface area contributed by atoms with Gasteiger partial charge in [-0.2, -0.15) is 0 Å². The van der Waals surface area contributed by atoms with Gasteiger partial charge in [-0.05, 0) is 64.2 Å². The molecule has 0 fully saturated rings. The second kappa shape index (κ2) is 61.4. The summed E-state index contributed by atoms with van der Waals surface area (Å²) in [7, 11) is 0. The molecule has 0 amide bonds. The summed E-state index contributed by atoms with van der Waals surface area (Å²) < 4.78 is 16.9. The highest BCUT2D eigenvalue weighted by molar-refractivity contribution is 5.71. The van der Waals surface area contributed by atoms with E-state index in [-0.39, 0.29) is 31.1 Å². The lowest BCUT2D eigenvalue weighted by Crippen LogP contribution is -2.30. The summed E-state index contributed by atoms with van der Waals surface area (Å²) in [5.41, 5.74) is 0. The first-order valence-electron chi connectivity index (χ1n) is 32.3. The molecule has 424 valence electrons. The fraction of sp³-hybridized carbons (Fsp3) is 0.894. The van der Waals surface area contributed by atoms with Gasteiger partial charge in [-0.15, -0.1) is 0 Å². The van der Waals surface area contributed by atoms with Gasteiger partial charge < -0.3 is 14.2 Å². The van der Waals surface area contributed by atoms with Crippen LogP contribution in [0.5, 0.6) is 0 Å². The van der Waals surface area contributed by atoms with Crippen molar-refractivity contribution in [2.45, 2.75) is 367 Å². The van der Waals surface area contributed by atoms with Crippen molar-refractivity contribution in [3.05, 3.63) is 24.3 Å². The fourth-order valence-corrected chi connectivity index (χ4v) is 9.78. The molecule has 0 aliphatic carbocycles. The van der Waals surface area contributed by atoms with Crippen LogP contribution in [0.4, 0.5) is 0 Å². The van der Waals surface area contributed by atoms with E-state index in [4.69, 9.17) is 14.2 Å². The quantitative estimate of drug-likeness (QED) is 0.0261. The first kappa shape index (κ1) is 69.9. The van der Waals surface area contributed by atoms with E-state index in [9.17, 15) is 14.4 Å². The predicted molar refractivity (Wildman–Crippen MR) is 312 cm³/mol. The Balaban J connectivity index is 4.19. The topological polar surface area (TPSA) is 78.9 Å². The van der Waals surface area contributed by atoms with Gasteiger partial charge in [-0.3, -0.25) is 14.4 Å². The Kier molecular flexibility index (Phi) is 59.6. The molecule has 0 rings (SSSR count). The van der Waals surface area contributed by atoms with Crippen LogP contribution in [-0.2, 0) is 28.6 Å². The van der Waals surface area contributed by atoms with E-state index in [1.54, 1.807) is 0 Å². The fourth-order valence-electron chi connectivity index (χ4n) is 9.78. The summed E-state index contributed by atoms with van der Waals surface area (Å²) in [6, 6.07) is 0. The summed E-state index contributed by atoms with van der Waals surface area (Å²) in [5.74, 6) is -0.854. The number of allylic oxidation sites excluding steroid dienone is 4. The Bertz CT molecular complexity index is 1160. The molecule has 0 saturated heterocycles. The molecule has 6 nitrogen and oxygen atoms in total. The summed E-state index contributed by atoms with van der Waals surface area (Å²) in [4.78, 5) is 38.2. The van der Waals surface area contributed by atoms with Crippen molar-refractivity contribution >= 4 is 17.9 Å². The third kappa shape index (κ3) is 58.8. The molecule has 0 heterocycles. The van der Waals surface area contributed by atoms with Gasteiger partial charge in [-0.25, -0.2) is 0 Å². The highest BCUT2D eigenvalue weighted by atomic mass is 16.6. The molecule has 0 saturated carbocycles. The largest absolute Gasteiger partial charge is 0.462 e. The van der Waals surface area contributed by atoms with E-state index < -0.39 is 6.10 Å². The number of esters is 3. The van der Waals surface area contributed by atoms with Gasteiger partial charge in [0.25, 0.3) is 0 Å². The standard InChI is InChI=1S/C66H124O6/c1-4-7-10-13-16-19-22-24-26-28-30-31-32-33-34-35-36-38-39-41-44-47-50-53-56-59-65(68)71-62-63(61-70-64(67)58-55-52-49-46-43-21-18-15-12-9-6-3)72-66(69)60-57-54-51-48-45-42-40-37-29-27-25-23-20-17-14-11-8-5-2/h15,18,28,30,63H,4-14,16-17,19-27,29,31-62H2,1-3H3/b18-15-,30-28-. The van der Waals surface area contributed by atoms with Gasteiger partial charge in [0, 0.05) is 19.3 Å². The highest BCUT2D eigenvalue weighted by Crippen LogP contribution is 2.18. The summed E-state index contributed by atoms with van der Waals surface area (Å²) in [5, 5.41) is 0. The summed E-state index contributed by atoms with van der Waals surface area (Å²) in [6.07, 6.45) is 73.4. The Labute approximate surface area is 449 Å². The minimum atomic E-state index is -0.771. The van der Waals surface area contributed by atoms with Crippen LogP contribution < -0.4 is 0 Å². The molecule has 0 aliphatic heterocycles. The molecule has 1 unspecified atom stereocenters. The van der Waals surface area contributed by atoms with Crippen LogP contribution in [0.3, 0.4) is 0 Å². The Hall–Kier alpha value is -2.11. The molecular weight excluding hydrogens is 889 g/mol. The monoisotopic (exact) mass is 1010 g/mol. The first-order chi connectivity index (χ1) is 35.5. The molecule has 0 aromatic carbocycles. The number of carbonyl (C=O) groups is 3. The second-order valence-corrected chi connectivity index (χ2v) is 22.0. The number of rotatable bonds is 60. The summed E-state index contributed by atoms with van der Waals surface area (Å²) >= 11 is 0. The van der Waals surface area contributed by atoms with E-state index in [1.807, 2.05) is 0 Å². The Morgan fingerprint density at radius 1 is 0.264 bits per heavy atom. The minimum absolute atomic E-state index is 0.0688. The molecule has 0 bridgehead atoms. The van der Waals surface area contributed by atoms with E-state index in [0.29, 0.717) is 19.3 Å². The van der Waals surface area contributed by atoms with Gasteiger partial charge in [0.1, 0.15) is 13.2 Å². The molecule has 0 N–H and O–H groups in total. The third-order valence-corrected chi connectivity index (χ3v) is 14.7. The number of hydrogen-bond donors (Lipinski definition) is 0. The lowest BCUT2D eigenvalue weighted by Gasteiger charge is -2.18. The maximum Gasteiger partial charge on any atom is 0.306 e. The average molecular weight is 1010 g/mol. The van der Waals surface area contributed by atoms with E-state index >= 15 is 0 Å². The Morgan fingerprint density at radius 3 is 0.736 bits per heavy atom. The van der Waals surface area contributed by atoms with Crippen molar-refractivity contribution in [1.82, 2.24) is 0 Å². The minimum Gasteiger partial charge on any atom is -0.462 e. The molecule has 0 spiro atoms. The SMILES string of the molecule is CCCC/C=C\CCCCCCCC(=O)OCC(COC(=O)CCCCCCCCCCCCCCC/C=C\CCCCCCCCCC)OC(=O)CCCCCCCCCCCCCCCCCCCC. The Morgan fingerprint density at radius 2 is 0.472 bits per heavy atom. The highest BCUT2D eigenvalue weighted by Gasteiger charge is 2.19. The number of carbonyl (C=O) groups excluding carboxylic acids is 3. The van der Waals surface area contributed by atoms with Crippen LogP contribution in [0, 0.1) is 0 Å². The molecule has 1 atom stereocenters. The van der Waals surface area contributed by atoms with Crippen molar-refractivity contribution in [3.63, 3.8) is 0 Å². The van der Waals surface area contributed by atoms with E-state index in [2.05, 4.69) is 45.1 Å². The smallest absolute Gasteiger partial charge is 0.306 e. The maximum atomic E-state index is 12.9. The third-order valence-electron chi connectivity index (χ3n) is 14.7. The van der Waals surface area contributed by atoms with E-state index in [0.717, 1.165) is 64.2 Å². The number of ether oxygens (including phenoxy) is 3. The molecule has 6 heteroatoms. The van der Waals surface area contributed by atoms with Crippen LogP contribution >= 0.6 is 0 Å². The van der Waals surface area contributed by atoms with Crippen LogP contribution in [0.2, 0.25) is 0 Å². The predicted octanol–water partition coefficient (Wildman–Crippen LogP) is 21.8. The van der Waals surface area contributed by atoms with Gasteiger partial charge in [0.2, 0.25) is 0 Å². The van der Waals surface area contributed by atoms with Crippen LogP contribution in [-0.4, -0.2) is 37.2 Å². The summed E-state index contributed by atoms with van der Waals surface area (Å²) in [6.45, 7) is 6.66. The molecule has 0 aromatic heterocycles. The van der Waals surface area contributed by atoms with Crippen molar-refractivity contribution in [2.75, 3.05) is 13.2 Å². The van der Waals surface area contributed by atoms with Crippen molar-refractivity contribution < 1.29 is 28.6 Å². The molecule has 72 heavy (non-hydrogen) atoms. The number of unbranched alkanes of at least 4 members (excludes halogenated alkanes) is 45. The van der Waals surface area contributed by atoms with Crippen molar-refractivity contribution in [2.24, 2.45) is 0 Å². The zero-order valence-electron chi connectivity index (χ0n) is 48.7. The zero-order valence-corrected chi connectivity index (χ0v) is 48.7. The van der Waals surface area contributed by atoms with Crippen LogP contribution in [0.15, 0.2) is 24.3 Å². The van der Waals surface area contributed by atoms with Gasteiger partial charge in [-0.1, -0.05) is 302 Å². The second-order valence-electron chi connectivity index (χ2n) is 22.0. The van der Waals surface area contributed by atoms with Gasteiger partial charge >= 0.3 is 17.9 Å². The molecule has 0 aromatic rings. The lowest BCUT2D eigenvalue weighted by molar-refractivity contribution is -0.167.